The molecule has 0 bridgehead atoms. The molecule has 4 heterocycles. The zero-order valence-electron chi connectivity index (χ0n) is 17.0. The summed E-state index contributed by atoms with van der Waals surface area (Å²) < 4.78 is 18.3. The molecule has 0 spiro atoms. The summed E-state index contributed by atoms with van der Waals surface area (Å²) in [5.74, 6) is -0.394. The number of hydrogen-bond donors (Lipinski definition) is 0. The number of benzene rings is 1. The summed E-state index contributed by atoms with van der Waals surface area (Å²) in [6.07, 6.45) is 7.77. The molecular weight excluding hydrogens is 397 g/mol. The first-order valence-electron chi connectivity index (χ1n) is 10.1. The van der Waals surface area contributed by atoms with Gasteiger partial charge in [0.05, 0.1) is 42.2 Å². The molecule has 0 N–H and O–H groups in total. The Morgan fingerprint density at radius 2 is 1.94 bits per heavy atom. The van der Waals surface area contributed by atoms with Crippen LogP contribution in [0.25, 0.3) is 33.1 Å². The van der Waals surface area contributed by atoms with Crippen molar-refractivity contribution < 1.29 is 4.39 Å². The molecule has 0 atom stereocenters. The van der Waals surface area contributed by atoms with E-state index in [0.29, 0.717) is 39.6 Å². The first-order chi connectivity index (χ1) is 15.0. The van der Waals surface area contributed by atoms with Crippen LogP contribution in [0.4, 0.5) is 4.39 Å². The summed E-state index contributed by atoms with van der Waals surface area (Å²) in [6, 6.07) is 5.29. The van der Waals surface area contributed by atoms with Gasteiger partial charge < -0.3 is 4.57 Å². The Morgan fingerprint density at radius 3 is 2.65 bits per heavy atom. The smallest absolute Gasteiger partial charge is 0.269 e. The Bertz CT molecular complexity index is 1390. The minimum absolute atomic E-state index is 0.0227. The van der Waals surface area contributed by atoms with Crippen molar-refractivity contribution in [3.63, 3.8) is 0 Å². The number of aryl methyl sites for hydroxylation is 1. The van der Waals surface area contributed by atoms with Gasteiger partial charge in [0.1, 0.15) is 11.3 Å². The predicted molar refractivity (Wildman–Crippen MR) is 114 cm³/mol. The van der Waals surface area contributed by atoms with Crippen molar-refractivity contribution in [3.05, 3.63) is 53.1 Å². The minimum Gasteiger partial charge on any atom is -0.302 e. The van der Waals surface area contributed by atoms with Gasteiger partial charge in [-0.15, -0.1) is 0 Å². The van der Waals surface area contributed by atoms with Gasteiger partial charge in [0.25, 0.3) is 5.56 Å². The van der Waals surface area contributed by atoms with Crippen molar-refractivity contribution in [1.82, 2.24) is 29.2 Å². The summed E-state index contributed by atoms with van der Waals surface area (Å²) in [7, 11) is 1.78. The lowest BCUT2D eigenvalue weighted by Gasteiger charge is -2.32. The molecule has 8 nitrogen and oxygen atoms in total. The molecule has 0 saturated carbocycles. The highest BCUT2D eigenvalue weighted by Crippen LogP contribution is 2.32. The Hall–Kier alpha value is -3.64. The van der Waals surface area contributed by atoms with Crippen LogP contribution < -0.4 is 5.56 Å². The first-order valence-corrected chi connectivity index (χ1v) is 10.1. The average Bonchev–Trinajstić information content (AvgIpc) is 3.20. The van der Waals surface area contributed by atoms with Crippen molar-refractivity contribution in [3.8, 4) is 17.2 Å². The van der Waals surface area contributed by atoms with E-state index in [4.69, 9.17) is 5.26 Å². The van der Waals surface area contributed by atoms with Crippen molar-refractivity contribution in [2.75, 3.05) is 19.6 Å². The highest BCUT2D eigenvalue weighted by Gasteiger charge is 2.24. The van der Waals surface area contributed by atoms with E-state index in [0.717, 1.165) is 25.9 Å². The number of fused-ring (bicyclic) bond motifs is 3. The lowest BCUT2D eigenvalue weighted by Crippen LogP contribution is -2.37. The molecule has 0 amide bonds. The number of hydrogen-bond acceptors (Lipinski definition) is 6. The van der Waals surface area contributed by atoms with Crippen LogP contribution in [0.2, 0.25) is 0 Å². The number of halogens is 1. The third-order valence-electron chi connectivity index (χ3n) is 5.93. The quantitative estimate of drug-likeness (QED) is 0.376. The molecule has 3 aromatic heterocycles. The van der Waals surface area contributed by atoms with E-state index in [-0.39, 0.29) is 11.6 Å². The molecule has 0 unspecified atom stereocenters. The van der Waals surface area contributed by atoms with E-state index >= 15 is 0 Å². The third-order valence-corrected chi connectivity index (χ3v) is 5.93. The van der Waals surface area contributed by atoms with Crippen molar-refractivity contribution in [2.45, 2.75) is 18.9 Å². The van der Waals surface area contributed by atoms with E-state index in [9.17, 15) is 9.18 Å². The monoisotopic (exact) mass is 417 g/mol. The molecule has 1 fully saturated rings. The van der Waals surface area contributed by atoms with Gasteiger partial charge in [0, 0.05) is 55.0 Å². The Labute approximate surface area is 177 Å². The molecule has 0 radical (unpaired) electrons. The fourth-order valence-corrected chi connectivity index (χ4v) is 4.41. The van der Waals surface area contributed by atoms with Gasteiger partial charge >= 0.3 is 0 Å². The van der Waals surface area contributed by atoms with Gasteiger partial charge in [-0.3, -0.25) is 19.4 Å². The topological polar surface area (TPSA) is 92.6 Å². The maximum Gasteiger partial charge on any atom is 0.269 e. The molecule has 156 valence electrons. The number of likely N-dealkylation sites (tertiary alicyclic amines) is 1. The van der Waals surface area contributed by atoms with Gasteiger partial charge in [-0.05, 0) is 18.9 Å². The minimum atomic E-state index is -0.394. The predicted octanol–water partition coefficient (Wildman–Crippen LogP) is 2.64. The molecule has 31 heavy (non-hydrogen) atoms. The second kappa shape index (κ2) is 7.56. The maximum atomic E-state index is 14.9. The van der Waals surface area contributed by atoms with Crippen LogP contribution in [-0.4, -0.2) is 48.8 Å². The van der Waals surface area contributed by atoms with E-state index in [1.54, 1.807) is 41.0 Å². The van der Waals surface area contributed by atoms with Crippen molar-refractivity contribution in [1.29, 1.82) is 5.26 Å². The maximum absolute atomic E-state index is 14.9. The standard InChI is InChI=1S/C22H20FN7O/c1-28-13-14(10-27-28)16-8-17-19(9-18(16)23)25-11-20-22(17)30(21(31)12-26-20)15-2-5-29(6-3-15)7-4-24/h8-13,15H,2-3,5-7H2,1H3. The molecule has 1 aliphatic rings. The highest BCUT2D eigenvalue weighted by molar-refractivity contribution is 6.03. The fraction of sp³-hybridized carbons (Fsp3) is 0.318. The summed E-state index contributed by atoms with van der Waals surface area (Å²) in [4.78, 5) is 23.7. The molecule has 9 heteroatoms. The van der Waals surface area contributed by atoms with Crippen molar-refractivity contribution in [2.24, 2.45) is 7.05 Å². The summed E-state index contributed by atoms with van der Waals surface area (Å²) in [5.41, 5.74) is 2.60. The van der Waals surface area contributed by atoms with Gasteiger partial charge in [-0.1, -0.05) is 0 Å². The van der Waals surface area contributed by atoms with Crippen LogP contribution in [0, 0.1) is 17.1 Å². The number of piperidine rings is 1. The largest absolute Gasteiger partial charge is 0.302 e. The zero-order chi connectivity index (χ0) is 21.5. The molecule has 1 aromatic carbocycles. The molecular formula is C22H20FN7O. The fourth-order valence-electron chi connectivity index (χ4n) is 4.41. The van der Waals surface area contributed by atoms with Crippen molar-refractivity contribution >= 4 is 21.9 Å². The highest BCUT2D eigenvalue weighted by atomic mass is 19.1. The van der Waals surface area contributed by atoms with Gasteiger partial charge in [-0.25, -0.2) is 9.37 Å². The summed E-state index contributed by atoms with van der Waals surface area (Å²) >= 11 is 0. The molecule has 4 aromatic rings. The van der Waals surface area contributed by atoms with E-state index in [2.05, 4.69) is 26.0 Å². The molecule has 1 aliphatic heterocycles. The molecule has 1 saturated heterocycles. The van der Waals surface area contributed by atoms with Gasteiger partial charge in [0.2, 0.25) is 0 Å². The lowest BCUT2D eigenvalue weighted by atomic mass is 10.0. The summed E-state index contributed by atoms with van der Waals surface area (Å²) in [6.45, 7) is 1.87. The Balaban J connectivity index is 1.71. The van der Waals surface area contributed by atoms with Crippen LogP contribution >= 0.6 is 0 Å². The normalized spacial score (nSPS) is 15.5. The van der Waals surface area contributed by atoms with E-state index in [1.807, 2.05) is 0 Å². The van der Waals surface area contributed by atoms with E-state index in [1.165, 1.54) is 12.3 Å². The first kappa shape index (κ1) is 19.3. The Morgan fingerprint density at radius 1 is 1.16 bits per heavy atom. The molecule has 0 aliphatic carbocycles. The number of nitrogens with zero attached hydrogens (tertiary/aromatic N) is 7. The van der Waals surface area contributed by atoms with Gasteiger partial charge in [0.15, 0.2) is 0 Å². The van der Waals surface area contributed by atoms with Crippen LogP contribution in [0.3, 0.4) is 0 Å². The van der Waals surface area contributed by atoms with Crippen LogP contribution in [0.15, 0.2) is 41.7 Å². The SMILES string of the molecule is Cn1cc(-c2cc3c(cc2F)ncc2ncc(=O)n(C4CCN(CC#N)CC4)c23)cn1. The zero-order valence-corrected chi connectivity index (χ0v) is 17.0. The van der Waals surface area contributed by atoms with Crippen LogP contribution in [0.5, 0.6) is 0 Å². The van der Waals surface area contributed by atoms with Crippen LogP contribution in [-0.2, 0) is 7.05 Å². The second-order valence-electron chi connectivity index (χ2n) is 7.88. The average molecular weight is 417 g/mol. The van der Waals surface area contributed by atoms with Crippen LogP contribution in [0.1, 0.15) is 18.9 Å². The second-order valence-corrected chi connectivity index (χ2v) is 7.88. The number of pyridine rings is 1. The Kier molecular flexibility index (Phi) is 4.71. The number of aromatic nitrogens is 5. The number of rotatable bonds is 3. The lowest BCUT2D eigenvalue weighted by molar-refractivity contribution is 0.205. The summed E-state index contributed by atoms with van der Waals surface area (Å²) in [5, 5.41) is 13.8. The molecule has 5 rings (SSSR count). The van der Waals surface area contributed by atoms with E-state index < -0.39 is 5.82 Å². The van der Waals surface area contributed by atoms with Gasteiger partial charge in [-0.2, -0.15) is 10.4 Å². The number of nitriles is 1. The third kappa shape index (κ3) is 3.35.